The van der Waals surface area contributed by atoms with Crippen molar-refractivity contribution in [1.82, 2.24) is 4.98 Å². The zero-order chi connectivity index (χ0) is 13.7. The molecule has 0 fully saturated rings. The molecule has 0 radical (unpaired) electrons. The van der Waals surface area contributed by atoms with Gasteiger partial charge in [0.1, 0.15) is 0 Å². The lowest BCUT2D eigenvalue weighted by Crippen LogP contribution is -2.18. The number of para-hydroxylation sites is 1. The number of carboxylic acid groups (broad SMARTS) is 1. The minimum Gasteiger partial charge on any atom is -0.481 e. The highest BCUT2D eigenvalue weighted by molar-refractivity contribution is 7.80. The van der Waals surface area contributed by atoms with E-state index in [4.69, 9.17) is 17.3 Å². The molecule has 0 spiro atoms. The lowest BCUT2D eigenvalue weighted by molar-refractivity contribution is -0.136. The molecule has 0 saturated carbocycles. The van der Waals surface area contributed by atoms with Crippen LogP contribution in [0.1, 0.15) is 5.69 Å². The van der Waals surface area contributed by atoms with Crippen molar-refractivity contribution in [3.63, 3.8) is 0 Å². The summed E-state index contributed by atoms with van der Waals surface area (Å²) < 4.78 is 0. The first kappa shape index (κ1) is 13.4. The van der Waals surface area contributed by atoms with E-state index >= 15 is 0 Å². The van der Waals surface area contributed by atoms with Gasteiger partial charge in [0.05, 0.1) is 12.1 Å². The molecular weight excluding hydrogens is 282 g/mol. The van der Waals surface area contributed by atoms with Crippen molar-refractivity contribution in [2.75, 3.05) is 10.6 Å². The molecule has 19 heavy (non-hydrogen) atoms. The fraction of sp³-hybridized carbons (Fsp3) is 0.0833. The molecule has 3 N–H and O–H groups in total. The van der Waals surface area contributed by atoms with Crippen molar-refractivity contribution in [3.8, 4) is 0 Å². The Morgan fingerprint density at radius 2 is 2.05 bits per heavy atom. The number of carbonyl (C=O) groups is 1. The summed E-state index contributed by atoms with van der Waals surface area (Å²) in [5.41, 5.74) is 1.39. The second-order valence-electron chi connectivity index (χ2n) is 3.66. The summed E-state index contributed by atoms with van der Waals surface area (Å²) in [6, 6.07) is 9.51. The van der Waals surface area contributed by atoms with Gasteiger partial charge in [-0.2, -0.15) is 0 Å². The standard InChI is InChI=1S/C12H11N3O2S2/c16-10(17)6-9-7-19-12(14-9)15-11(18)13-8-4-2-1-3-5-8/h1-5,7H,6H2,(H,16,17)(H2,13,14,15,18). The first-order valence-corrected chi connectivity index (χ1v) is 6.71. The Morgan fingerprint density at radius 1 is 1.32 bits per heavy atom. The smallest absolute Gasteiger partial charge is 0.309 e. The number of carboxylic acids is 1. The summed E-state index contributed by atoms with van der Waals surface area (Å²) >= 11 is 6.46. The average molecular weight is 293 g/mol. The topological polar surface area (TPSA) is 74.2 Å². The molecule has 1 heterocycles. The van der Waals surface area contributed by atoms with Crippen LogP contribution in [0.3, 0.4) is 0 Å². The second kappa shape index (κ2) is 6.26. The Bertz CT molecular complexity index is 584. The molecule has 0 atom stereocenters. The second-order valence-corrected chi connectivity index (χ2v) is 4.93. The van der Waals surface area contributed by atoms with Crippen LogP contribution < -0.4 is 10.6 Å². The van der Waals surface area contributed by atoms with Gasteiger partial charge in [0.15, 0.2) is 10.2 Å². The van der Waals surface area contributed by atoms with Gasteiger partial charge in [-0.3, -0.25) is 4.79 Å². The van der Waals surface area contributed by atoms with Gasteiger partial charge in [0.2, 0.25) is 0 Å². The molecule has 0 amide bonds. The van der Waals surface area contributed by atoms with Gasteiger partial charge >= 0.3 is 5.97 Å². The fourth-order valence-electron chi connectivity index (χ4n) is 1.38. The van der Waals surface area contributed by atoms with Crippen LogP contribution in [0, 0.1) is 0 Å². The predicted molar refractivity (Wildman–Crippen MR) is 79.7 cm³/mol. The third-order valence-electron chi connectivity index (χ3n) is 2.14. The molecule has 0 bridgehead atoms. The molecule has 98 valence electrons. The zero-order valence-corrected chi connectivity index (χ0v) is 11.4. The number of anilines is 2. The molecule has 2 rings (SSSR count). The molecule has 5 nitrogen and oxygen atoms in total. The lowest BCUT2D eigenvalue weighted by Gasteiger charge is -2.07. The highest BCUT2D eigenvalue weighted by atomic mass is 32.1. The zero-order valence-electron chi connectivity index (χ0n) is 9.79. The van der Waals surface area contributed by atoms with Crippen LogP contribution in [0.15, 0.2) is 35.7 Å². The van der Waals surface area contributed by atoms with Gasteiger partial charge in [-0.15, -0.1) is 11.3 Å². The van der Waals surface area contributed by atoms with E-state index in [9.17, 15) is 4.79 Å². The van der Waals surface area contributed by atoms with E-state index in [1.54, 1.807) is 5.38 Å². The van der Waals surface area contributed by atoms with Crippen LogP contribution in [-0.2, 0) is 11.2 Å². The van der Waals surface area contributed by atoms with Crippen LogP contribution >= 0.6 is 23.6 Å². The quantitative estimate of drug-likeness (QED) is 0.752. The first-order valence-electron chi connectivity index (χ1n) is 5.43. The van der Waals surface area contributed by atoms with E-state index in [-0.39, 0.29) is 6.42 Å². The molecule has 0 aliphatic carbocycles. The summed E-state index contributed by atoms with van der Waals surface area (Å²) in [6.07, 6.45) is -0.0863. The van der Waals surface area contributed by atoms with Gasteiger partial charge in [-0.1, -0.05) is 18.2 Å². The number of thiazole rings is 1. The van der Waals surface area contributed by atoms with Crippen molar-refractivity contribution in [3.05, 3.63) is 41.4 Å². The van der Waals surface area contributed by atoms with Crippen LogP contribution in [0.5, 0.6) is 0 Å². The van der Waals surface area contributed by atoms with E-state index in [1.807, 2.05) is 30.3 Å². The first-order chi connectivity index (χ1) is 9.13. The van der Waals surface area contributed by atoms with E-state index in [0.29, 0.717) is 15.9 Å². The van der Waals surface area contributed by atoms with Crippen molar-refractivity contribution >= 4 is 45.5 Å². The Morgan fingerprint density at radius 3 is 2.74 bits per heavy atom. The molecule has 0 unspecified atom stereocenters. The minimum atomic E-state index is -0.901. The molecule has 1 aromatic carbocycles. The van der Waals surface area contributed by atoms with Crippen LogP contribution in [0.25, 0.3) is 0 Å². The number of aromatic nitrogens is 1. The highest BCUT2D eigenvalue weighted by Crippen LogP contribution is 2.16. The summed E-state index contributed by atoms with van der Waals surface area (Å²) in [7, 11) is 0. The Labute approximate surface area is 119 Å². The van der Waals surface area contributed by atoms with Crippen LogP contribution in [-0.4, -0.2) is 21.2 Å². The summed E-state index contributed by atoms with van der Waals surface area (Å²) in [5.74, 6) is -0.901. The molecule has 2 aromatic rings. The van der Waals surface area contributed by atoms with Gasteiger partial charge in [-0.25, -0.2) is 4.98 Å². The third-order valence-corrected chi connectivity index (χ3v) is 3.15. The predicted octanol–water partition coefficient (Wildman–Crippen LogP) is 2.58. The lowest BCUT2D eigenvalue weighted by atomic mass is 10.3. The van der Waals surface area contributed by atoms with E-state index in [2.05, 4.69) is 15.6 Å². The van der Waals surface area contributed by atoms with Gasteiger partial charge in [0, 0.05) is 11.1 Å². The maximum Gasteiger partial charge on any atom is 0.309 e. The monoisotopic (exact) mass is 293 g/mol. The van der Waals surface area contributed by atoms with Gasteiger partial charge in [-0.05, 0) is 24.4 Å². The summed E-state index contributed by atoms with van der Waals surface area (Å²) in [4.78, 5) is 14.7. The van der Waals surface area contributed by atoms with Crippen molar-refractivity contribution in [2.24, 2.45) is 0 Å². The number of hydrogen-bond donors (Lipinski definition) is 3. The highest BCUT2D eigenvalue weighted by Gasteiger charge is 2.07. The maximum absolute atomic E-state index is 10.5. The molecule has 0 aliphatic rings. The minimum absolute atomic E-state index is 0.0863. The number of nitrogens with zero attached hydrogens (tertiary/aromatic N) is 1. The van der Waals surface area contributed by atoms with Crippen molar-refractivity contribution < 1.29 is 9.90 Å². The third kappa shape index (κ3) is 4.31. The molecule has 7 heteroatoms. The Hall–Kier alpha value is -1.99. The molecular formula is C12H11N3O2S2. The maximum atomic E-state index is 10.5. The molecule has 0 aliphatic heterocycles. The SMILES string of the molecule is O=C(O)Cc1csc(NC(=S)Nc2ccccc2)n1. The number of thiocarbonyl (C=S) groups is 1. The van der Waals surface area contributed by atoms with E-state index in [0.717, 1.165) is 5.69 Å². The average Bonchev–Trinajstić information content (AvgIpc) is 2.76. The Kier molecular flexibility index (Phi) is 4.43. The fourth-order valence-corrected chi connectivity index (χ4v) is 2.38. The largest absolute Gasteiger partial charge is 0.481 e. The van der Waals surface area contributed by atoms with Gasteiger partial charge in [0.25, 0.3) is 0 Å². The van der Waals surface area contributed by atoms with Gasteiger partial charge < -0.3 is 15.7 Å². The van der Waals surface area contributed by atoms with E-state index in [1.165, 1.54) is 11.3 Å². The number of nitrogens with one attached hydrogen (secondary N) is 2. The summed E-state index contributed by atoms with van der Waals surface area (Å²) in [5, 5.41) is 17.3. The number of aliphatic carboxylic acids is 1. The van der Waals surface area contributed by atoms with Crippen LogP contribution in [0.4, 0.5) is 10.8 Å². The number of benzene rings is 1. The number of rotatable bonds is 4. The normalized spacial score (nSPS) is 9.89. The van der Waals surface area contributed by atoms with Crippen LogP contribution in [0.2, 0.25) is 0 Å². The summed E-state index contributed by atoms with van der Waals surface area (Å²) in [6.45, 7) is 0. The number of hydrogen-bond acceptors (Lipinski definition) is 4. The van der Waals surface area contributed by atoms with Crippen molar-refractivity contribution in [1.29, 1.82) is 0 Å². The van der Waals surface area contributed by atoms with E-state index < -0.39 is 5.97 Å². The Balaban J connectivity index is 1.92. The van der Waals surface area contributed by atoms with Crippen molar-refractivity contribution in [2.45, 2.75) is 6.42 Å². The molecule has 1 aromatic heterocycles. The molecule has 0 saturated heterocycles.